The molecule has 1 aliphatic heterocycles. The molecule has 0 radical (unpaired) electrons. The molecule has 1 fully saturated rings. The first kappa shape index (κ1) is 12.5. The van der Waals surface area contributed by atoms with E-state index in [0.29, 0.717) is 6.42 Å². The van der Waals surface area contributed by atoms with Crippen molar-refractivity contribution < 1.29 is 4.79 Å². The van der Waals surface area contributed by atoms with Crippen LogP contribution in [0.25, 0.3) is 0 Å². The molecule has 3 nitrogen and oxygen atoms in total. The average molecular weight is 250 g/mol. The molecule has 17 heavy (non-hydrogen) atoms. The Balaban J connectivity index is 2.10. The Morgan fingerprint density at radius 3 is 2.47 bits per heavy atom. The van der Waals surface area contributed by atoms with Crippen LogP contribution in [0.4, 0.5) is 5.69 Å². The van der Waals surface area contributed by atoms with Crippen molar-refractivity contribution in [2.75, 3.05) is 25.5 Å². The SMILES string of the molecule is CN(C)Cc1ccc(N2CC(S)CC2=O)cc1. The molecule has 0 aliphatic carbocycles. The van der Waals surface area contributed by atoms with Crippen molar-refractivity contribution in [1.29, 1.82) is 0 Å². The minimum absolute atomic E-state index is 0.170. The van der Waals surface area contributed by atoms with Crippen LogP contribution in [0.5, 0.6) is 0 Å². The van der Waals surface area contributed by atoms with Crippen LogP contribution in [0.3, 0.4) is 0 Å². The van der Waals surface area contributed by atoms with Gasteiger partial charge in [-0.15, -0.1) is 0 Å². The number of anilines is 1. The van der Waals surface area contributed by atoms with Gasteiger partial charge in [-0.1, -0.05) is 12.1 Å². The number of carbonyl (C=O) groups is 1. The highest BCUT2D eigenvalue weighted by Crippen LogP contribution is 2.24. The molecular formula is C13H18N2OS. The first-order chi connectivity index (χ1) is 8.06. The van der Waals surface area contributed by atoms with E-state index in [1.807, 2.05) is 31.1 Å². The molecule has 1 saturated heterocycles. The fraction of sp³-hybridized carbons (Fsp3) is 0.462. The largest absolute Gasteiger partial charge is 0.311 e. The van der Waals surface area contributed by atoms with Crippen LogP contribution in [0.1, 0.15) is 12.0 Å². The van der Waals surface area contributed by atoms with Crippen molar-refractivity contribution in [3.8, 4) is 0 Å². The maximum atomic E-state index is 11.7. The summed E-state index contributed by atoms with van der Waals surface area (Å²) in [5, 5.41) is 0.170. The van der Waals surface area contributed by atoms with Crippen LogP contribution in [-0.4, -0.2) is 36.7 Å². The summed E-state index contributed by atoms with van der Waals surface area (Å²) in [5.74, 6) is 0.172. The summed E-state index contributed by atoms with van der Waals surface area (Å²) in [6.45, 7) is 1.64. The van der Waals surface area contributed by atoms with Gasteiger partial charge < -0.3 is 9.80 Å². The number of hydrogen-bond acceptors (Lipinski definition) is 3. The molecular weight excluding hydrogens is 232 g/mol. The Hall–Kier alpha value is -1.00. The minimum atomic E-state index is 0.170. The molecule has 0 aromatic heterocycles. The molecule has 0 N–H and O–H groups in total. The van der Waals surface area contributed by atoms with Gasteiger partial charge in [0.25, 0.3) is 0 Å². The van der Waals surface area contributed by atoms with E-state index in [9.17, 15) is 4.79 Å². The van der Waals surface area contributed by atoms with Crippen LogP contribution in [0.15, 0.2) is 24.3 Å². The lowest BCUT2D eigenvalue weighted by atomic mass is 10.2. The van der Waals surface area contributed by atoms with Crippen LogP contribution in [-0.2, 0) is 11.3 Å². The van der Waals surface area contributed by atoms with Gasteiger partial charge >= 0.3 is 0 Å². The van der Waals surface area contributed by atoms with Gasteiger partial charge in [-0.3, -0.25) is 4.79 Å². The zero-order chi connectivity index (χ0) is 12.4. The highest BCUT2D eigenvalue weighted by atomic mass is 32.1. The molecule has 92 valence electrons. The molecule has 1 aliphatic rings. The number of carbonyl (C=O) groups excluding carboxylic acids is 1. The molecule has 1 unspecified atom stereocenters. The number of benzene rings is 1. The van der Waals surface area contributed by atoms with E-state index in [4.69, 9.17) is 0 Å². The lowest BCUT2D eigenvalue weighted by molar-refractivity contribution is -0.117. The summed E-state index contributed by atoms with van der Waals surface area (Å²) in [4.78, 5) is 15.7. The number of thiol groups is 1. The average Bonchev–Trinajstić information content (AvgIpc) is 2.58. The van der Waals surface area contributed by atoms with Crippen molar-refractivity contribution in [3.63, 3.8) is 0 Å². The second kappa shape index (κ2) is 5.10. The highest BCUT2D eigenvalue weighted by molar-refractivity contribution is 7.81. The van der Waals surface area contributed by atoms with Crippen LogP contribution in [0.2, 0.25) is 0 Å². The van der Waals surface area contributed by atoms with Gasteiger partial charge in [0, 0.05) is 30.4 Å². The van der Waals surface area contributed by atoms with E-state index < -0.39 is 0 Å². The summed E-state index contributed by atoms with van der Waals surface area (Å²) in [7, 11) is 4.09. The summed E-state index contributed by atoms with van der Waals surface area (Å²) in [6.07, 6.45) is 0.544. The van der Waals surface area contributed by atoms with Gasteiger partial charge in [-0.2, -0.15) is 12.6 Å². The van der Waals surface area contributed by atoms with Crippen LogP contribution in [0, 0.1) is 0 Å². The lowest BCUT2D eigenvalue weighted by Crippen LogP contribution is -2.24. The van der Waals surface area contributed by atoms with Gasteiger partial charge in [-0.25, -0.2) is 0 Å². The van der Waals surface area contributed by atoms with E-state index in [1.54, 1.807) is 0 Å². The van der Waals surface area contributed by atoms with E-state index in [2.05, 4.69) is 29.7 Å². The zero-order valence-corrected chi connectivity index (χ0v) is 11.2. The third-order valence-electron chi connectivity index (χ3n) is 2.85. The monoisotopic (exact) mass is 250 g/mol. The molecule has 0 spiro atoms. The molecule has 4 heteroatoms. The van der Waals surface area contributed by atoms with E-state index >= 15 is 0 Å². The van der Waals surface area contributed by atoms with E-state index in [-0.39, 0.29) is 11.2 Å². The molecule has 0 bridgehead atoms. The maximum absolute atomic E-state index is 11.7. The maximum Gasteiger partial charge on any atom is 0.228 e. The fourth-order valence-electron chi connectivity index (χ4n) is 2.08. The lowest BCUT2D eigenvalue weighted by Gasteiger charge is -2.17. The third-order valence-corrected chi connectivity index (χ3v) is 3.20. The van der Waals surface area contributed by atoms with Crippen molar-refractivity contribution >= 4 is 24.2 Å². The molecule has 0 saturated carbocycles. The van der Waals surface area contributed by atoms with E-state index in [1.165, 1.54) is 5.56 Å². The van der Waals surface area contributed by atoms with Gasteiger partial charge in [-0.05, 0) is 31.8 Å². The van der Waals surface area contributed by atoms with Crippen molar-refractivity contribution in [1.82, 2.24) is 4.90 Å². The standard InChI is InChI=1S/C13H18N2OS/c1-14(2)8-10-3-5-11(6-4-10)15-9-12(17)7-13(15)16/h3-6,12,17H,7-9H2,1-2H3. The van der Waals surface area contributed by atoms with Gasteiger partial charge in [0.2, 0.25) is 5.91 Å². The number of rotatable bonds is 3. The summed E-state index contributed by atoms with van der Waals surface area (Å²) in [5.41, 5.74) is 2.24. The second-order valence-electron chi connectivity index (χ2n) is 4.77. The zero-order valence-electron chi connectivity index (χ0n) is 10.3. The Morgan fingerprint density at radius 2 is 2.00 bits per heavy atom. The predicted octanol–water partition coefficient (Wildman–Crippen LogP) is 1.78. The topological polar surface area (TPSA) is 23.6 Å². The van der Waals surface area contributed by atoms with E-state index in [0.717, 1.165) is 18.8 Å². The molecule has 1 atom stereocenters. The number of hydrogen-bond donors (Lipinski definition) is 1. The molecule has 2 rings (SSSR count). The molecule has 1 aromatic rings. The fourth-order valence-corrected chi connectivity index (χ4v) is 2.40. The second-order valence-corrected chi connectivity index (χ2v) is 5.50. The summed E-state index contributed by atoms with van der Waals surface area (Å²) < 4.78 is 0. The smallest absolute Gasteiger partial charge is 0.228 e. The van der Waals surface area contributed by atoms with Crippen molar-refractivity contribution in [2.45, 2.75) is 18.2 Å². The molecule has 1 amide bonds. The predicted molar refractivity (Wildman–Crippen MR) is 73.6 cm³/mol. The van der Waals surface area contributed by atoms with Crippen LogP contribution < -0.4 is 4.90 Å². The summed E-state index contributed by atoms with van der Waals surface area (Å²) >= 11 is 4.36. The first-order valence-corrected chi connectivity index (χ1v) is 6.30. The molecule has 1 heterocycles. The first-order valence-electron chi connectivity index (χ1n) is 5.78. The Morgan fingerprint density at radius 1 is 1.35 bits per heavy atom. The Labute approximate surface area is 108 Å². The van der Waals surface area contributed by atoms with Gasteiger partial charge in [0.1, 0.15) is 0 Å². The van der Waals surface area contributed by atoms with Crippen molar-refractivity contribution in [2.24, 2.45) is 0 Å². The normalized spacial score (nSPS) is 20.4. The Kier molecular flexibility index (Phi) is 3.74. The Bertz CT molecular complexity index is 402. The minimum Gasteiger partial charge on any atom is -0.311 e. The highest BCUT2D eigenvalue weighted by Gasteiger charge is 2.27. The molecule has 1 aromatic carbocycles. The van der Waals surface area contributed by atoms with Gasteiger partial charge in [0.05, 0.1) is 0 Å². The third kappa shape index (κ3) is 3.01. The summed E-state index contributed by atoms with van der Waals surface area (Å²) in [6, 6.07) is 8.19. The van der Waals surface area contributed by atoms with Crippen LogP contribution >= 0.6 is 12.6 Å². The quantitative estimate of drug-likeness (QED) is 0.827. The number of amides is 1. The number of nitrogens with zero attached hydrogens (tertiary/aromatic N) is 2. The van der Waals surface area contributed by atoms with Crippen molar-refractivity contribution in [3.05, 3.63) is 29.8 Å². The van der Waals surface area contributed by atoms with Gasteiger partial charge in [0.15, 0.2) is 0 Å².